The first-order valence-corrected chi connectivity index (χ1v) is 9.32. The maximum atomic E-state index is 13.1. The largest absolute Gasteiger partial charge is 0.436 e. The van der Waals surface area contributed by atoms with Gasteiger partial charge in [-0.25, -0.2) is 4.98 Å². The molecule has 0 aliphatic carbocycles. The Morgan fingerprint density at radius 2 is 1.82 bits per heavy atom. The fourth-order valence-electron chi connectivity index (χ4n) is 3.55. The molecule has 0 bridgehead atoms. The van der Waals surface area contributed by atoms with Crippen molar-refractivity contribution >= 4 is 11.8 Å². The molecule has 2 N–H and O–H groups in total. The monoisotopic (exact) mass is 375 g/mol. The second-order valence-corrected chi connectivity index (χ2v) is 6.93. The van der Waals surface area contributed by atoms with Crippen LogP contribution < -0.4 is 5.73 Å². The van der Waals surface area contributed by atoms with Gasteiger partial charge in [-0.15, -0.1) is 0 Å². The van der Waals surface area contributed by atoms with Crippen LogP contribution in [-0.4, -0.2) is 34.8 Å². The lowest BCUT2D eigenvalue weighted by atomic mass is 9.96. The van der Waals surface area contributed by atoms with E-state index in [0.717, 1.165) is 18.4 Å². The molecular weight excluding hydrogens is 354 g/mol. The molecule has 28 heavy (non-hydrogen) atoms. The lowest BCUT2D eigenvalue weighted by molar-refractivity contribution is -0.123. The number of carbonyl (C=O) groups excluding carboxylic acids is 2. The van der Waals surface area contributed by atoms with Crippen molar-refractivity contribution in [2.75, 3.05) is 13.1 Å². The van der Waals surface area contributed by atoms with E-state index in [1.54, 1.807) is 17.2 Å². The summed E-state index contributed by atoms with van der Waals surface area (Å²) in [6.45, 7) is 0.959. The maximum Gasteiger partial charge on any atom is 0.254 e. The van der Waals surface area contributed by atoms with Crippen molar-refractivity contribution in [3.05, 3.63) is 66.4 Å². The molecule has 0 unspecified atom stereocenters. The van der Waals surface area contributed by atoms with Gasteiger partial charge in [-0.3, -0.25) is 9.59 Å². The smallest absolute Gasteiger partial charge is 0.254 e. The lowest BCUT2D eigenvalue weighted by Gasteiger charge is -2.31. The van der Waals surface area contributed by atoms with Gasteiger partial charge in [0.05, 0.1) is 17.7 Å². The van der Waals surface area contributed by atoms with Crippen LogP contribution in [0.15, 0.2) is 65.2 Å². The van der Waals surface area contributed by atoms with Gasteiger partial charge in [-0.1, -0.05) is 42.5 Å². The number of piperidine rings is 1. The van der Waals surface area contributed by atoms with Gasteiger partial charge < -0.3 is 15.1 Å². The van der Waals surface area contributed by atoms with E-state index in [2.05, 4.69) is 4.98 Å². The van der Waals surface area contributed by atoms with E-state index in [-0.39, 0.29) is 17.7 Å². The average Bonchev–Trinajstić information content (AvgIpc) is 3.24. The fourth-order valence-corrected chi connectivity index (χ4v) is 3.55. The summed E-state index contributed by atoms with van der Waals surface area (Å²) in [5.41, 5.74) is 7.51. The van der Waals surface area contributed by atoms with Crippen LogP contribution in [-0.2, 0) is 4.79 Å². The second kappa shape index (κ2) is 7.68. The lowest BCUT2D eigenvalue weighted by Crippen LogP contribution is -2.44. The van der Waals surface area contributed by atoms with E-state index in [0.29, 0.717) is 35.9 Å². The number of likely N-dealkylation sites (tertiary alicyclic amines) is 1. The number of hydrogen-bond acceptors (Lipinski definition) is 4. The summed E-state index contributed by atoms with van der Waals surface area (Å²) in [6, 6.07) is 16.9. The van der Waals surface area contributed by atoms with Crippen LogP contribution in [0.25, 0.3) is 22.8 Å². The zero-order valence-corrected chi connectivity index (χ0v) is 15.4. The number of amides is 2. The molecule has 0 radical (unpaired) electrons. The average molecular weight is 375 g/mol. The maximum absolute atomic E-state index is 13.1. The molecule has 4 rings (SSSR count). The van der Waals surface area contributed by atoms with Crippen molar-refractivity contribution in [1.29, 1.82) is 0 Å². The zero-order chi connectivity index (χ0) is 19.5. The molecule has 2 amide bonds. The number of primary amides is 1. The first-order valence-electron chi connectivity index (χ1n) is 9.32. The number of oxazole rings is 1. The second-order valence-electron chi connectivity index (χ2n) is 6.93. The van der Waals surface area contributed by atoms with Gasteiger partial charge in [0.2, 0.25) is 11.8 Å². The summed E-state index contributed by atoms with van der Waals surface area (Å²) in [4.78, 5) is 30.8. The first kappa shape index (κ1) is 18.0. The van der Waals surface area contributed by atoms with E-state index in [9.17, 15) is 9.59 Å². The van der Waals surface area contributed by atoms with Crippen molar-refractivity contribution in [2.24, 2.45) is 11.7 Å². The minimum absolute atomic E-state index is 0.138. The van der Waals surface area contributed by atoms with Crippen molar-refractivity contribution in [1.82, 2.24) is 9.88 Å². The van der Waals surface area contributed by atoms with Crippen molar-refractivity contribution in [3.8, 4) is 22.8 Å². The van der Waals surface area contributed by atoms with Gasteiger partial charge in [0.15, 0.2) is 5.76 Å². The molecule has 1 saturated heterocycles. The third-order valence-electron chi connectivity index (χ3n) is 5.06. The van der Waals surface area contributed by atoms with E-state index >= 15 is 0 Å². The fraction of sp³-hybridized carbons (Fsp3) is 0.227. The number of carbonyl (C=O) groups is 2. The normalized spacial score (nSPS) is 16.7. The predicted octanol–water partition coefficient (Wildman–Crippen LogP) is 3.35. The van der Waals surface area contributed by atoms with Gasteiger partial charge in [-0.05, 0) is 25.0 Å². The Balaban J connectivity index is 1.63. The quantitative estimate of drug-likeness (QED) is 0.757. The van der Waals surface area contributed by atoms with Crippen LogP contribution in [0, 0.1) is 5.92 Å². The third kappa shape index (κ3) is 3.53. The SMILES string of the molecule is NC(=O)[C@H]1CCCN(C(=O)c2ccccc2-c2ncc(-c3ccccc3)o2)C1. The van der Waals surface area contributed by atoms with Crippen molar-refractivity contribution in [2.45, 2.75) is 12.8 Å². The van der Waals surface area contributed by atoms with Gasteiger partial charge in [0.25, 0.3) is 5.91 Å². The minimum Gasteiger partial charge on any atom is -0.436 e. The molecule has 2 heterocycles. The molecule has 1 fully saturated rings. The number of nitrogens with zero attached hydrogens (tertiary/aromatic N) is 2. The van der Waals surface area contributed by atoms with E-state index in [1.807, 2.05) is 48.5 Å². The Bertz CT molecular complexity index is 997. The molecule has 6 nitrogen and oxygen atoms in total. The molecule has 0 saturated carbocycles. The summed E-state index contributed by atoms with van der Waals surface area (Å²) in [5, 5.41) is 0. The van der Waals surface area contributed by atoms with Crippen LogP contribution in [0.2, 0.25) is 0 Å². The highest BCUT2D eigenvalue weighted by atomic mass is 16.4. The molecule has 6 heteroatoms. The summed E-state index contributed by atoms with van der Waals surface area (Å²) in [5.74, 6) is 0.249. The Kier molecular flexibility index (Phi) is 4.93. The number of aromatic nitrogens is 1. The first-order chi connectivity index (χ1) is 13.6. The van der Waals surface area contributed by atoms with Crippen LogP contribution in [0.5, 0.6) is 0 Å². The Morgan fingerprint density at radius 3 is 2.61 bits per heavy atom. The van der Waals surface area contributed by atoms with Gasteiger partial charge in [0.1, 0.15) is 0 Å². The van der Waals surface area contributed by atoms with Crippen LogP contribution in [0.1, 0.15) is 23.2 Å². The van der Waals surface area contributed by atoms with Crippen molar-refractivity contribution < 1.29 is 14.0 Å². The molecule has 1 aliphatic rings. The molecular formula is C22H21N3O3. The topological polar surface area (TPSA) is 89.4 Å². The highest BCUT2D eigenvalue weighted by Gasteiger charge is 2.29. The number of rotatable bonds is 4. The number of hydrogen-bond donors (Lipinski definition) is 1. The molecule has 0 spiro atoms. The van der Waals surface area contributed by atoms with E-state index in [4.69, 9.17) is 10.2 Å². The predicted molar refractivity (Wildman–Crippen MR) is 105 cm³/mol. The summed E-state index contributed by atoms with van der Waals surface area (Å²) < 4.78 is 5.94. The Morgan fingerprint density at radius 1 is 1.07 bits per heavy atom. The minimum atomic E-state index is -0.356. The Hall–Kier alpha value is -3.41. The van der Waals surface area contributed by atoms with Crippen molar-refractivity contribution in [3.63, 3.8) is 0 Å². The molecule has 142 valence electrons. The molecule has 3 aromatic rings. The summed E-state index contributed by atoms with van der Waals surface area (Å²) in [6.07, 6.45) is 3.15. The highest BCUT2D eigenvalue weighted by Crippen LogP contribution is 2.29. The molecule has 1 aromatic heterocycles. The summed E-state index contributed by atoms with van der Waals surface area (Å²) in [7, 11) is 0. The standard InChI is InChI=1S/C22H21N3O3/c23-20(26)16-9-6-12-25(14-16)22(27)18-11-5-4-10-17(18)21-24-13-19(28-21)15-7-2-1-3-8-15/h1-5,7-8,10-11,13,16H,6,9,12,14H2,(H2,23,26)/t16-/m0/s1. The molecule has 1 atom stereocenters. The Labute approximate surface area is 163 Å². The molecule has 1 aliphatic heterocycles. The number of nitrogens with two attached hydrogens (primary N) is 1. The van der Waals surface area contributed by atoms with Gasteiger partial charge in [0, 0.05) is 24.2 Å². The van der Waals surface area contributed by atoms with Gasteiger partial charge >= 0.3 is 0 Å². The zero-order valence-electron chi connectivity index (χ0n) is 15.4. The van der Waals surface area contributed by atoms with E-state index < -0.39 is 0 Å². The van der Waals surface area contributed by atoms with E-state index in [1.165, 1.54) is 0 Å². The molecule has 2 aromatic carbocycles. The number of benzene rings is 2. The third-order valence-corrected chi connectivity index (χ3v) is 5.06. The van der Waals surface area contributed by atoms with Crippen LogP contribution >= 0.6 is 0 Å². The summed E-state index contributed by atoms with van der Waals surface area (Å²) >= 11 is 0. The van der Waals surface area contributed by atoms with Gasteiger partial charge in [-0.2, -0.15) is 0 Å². The van der Waals surface area contributed by atoms with Crippen LogP contribution in [0.3, 0.4) is 0 Å². The highest BCUT2D eigenvalue weighted by molar-refractivity contribution is 6.00. The van der Waals surface area contributed by atoms with Crippen LogP contribution in [0.4, 0.5) is 0 Å².